The third-order valence-corrected chi connectivity index (χ3v) is 3.77. The van der Waals surface area contributed by atoms with Gasteiger partial charge in [-0.1, -0.05) is 30.3 Å². The maximum Gasteiger partial charge on any atom is 0.247 e. The van der Waals surface area contributed by atoms with E-state index in [1.54, 1.807) is 20.2 Å². The summed E-state index contributed by atoms with van der Waals surface area (Å²) in [5.41, 5.74) is 1.76. The second kappa shape index (κ2) is 8.11. The first-order valence-electron chi connectivity index (χ1n) is 8.11. The van der Waals surface area contributed by atoms with Gasteiger partial charge in [0.2, 0.25) is 17.7 Å². The van der Waals surface area contributed by atoms with E-state index in [9.17, 15) is 4.79 Å². The van der Waals surface area contributed by atoms with Crippen molar-refractivity contribution in [2.24, 2.45) is 0 Å². The molecule has 0 aliphatic carbocycles. The van der Waals surface area contributed by atoms with Crippen molar-refractivity contribution in [3.05, 3.63) is 72.1 Å². The molecule has 1 heterocycles. The Labute approximate surface area is 151 Å². The van der Waals surface area contributed by atoms with Crippen LogP contribution in [0.1, 0.15) is 11.5 Å². The van der Waals surface area contributed by atoms with Gasteiger partial charge < -0.3 is 14.1 Å². The third kappa shape index (κ3) is 4.36. The number of benzene rings is 2. The molecule has 0 atom stereocenters. The Morgan fingerprint density at radius 2 is 1.85 bits per heavy atom. The Bertz CT molecular complexity index is 886. The number of hydrogen-bond acceptors (Lipinski definition) is 5. The topological polar surface area (TPSA) is 68.5 Å². The zero-order valence-electron chi connectivity index (χ0n) is 14.6. The van der Waals surface area contributed by atoms with Crippen molar-refractivity contribution in [2.45, 2.75) is 6.54 Å². The Morgan fingerprint density at radius 1 is 1.12 bits per heavy atom. The predicted octanol–water partition coefficient (Wildman–Crippen LogP) is 3.42. The summed E-state index contributed by atoms with van der Waals surface area (Å²) in [6.07, 6.45) is 3.26. The molecule has 0 saturated heterocycles. The van der Waals surface area contributed by atoms with Crippen LogP contribution in [-0.4, -0.2) is 35.2 Å². The van der Waals surface area contributed by atoms with E-state index in [0.717, 1.165) is 16.9 Å². The minimum Gasteiger partial charge on any atom is -0.497 e. The summed E-state index contributed by atoms with van der Waals surface area (Å²) in [6.45, 7) is 0.242. The molecule has 0 saturated carbocycles. The van der Waals surface area contributed by atoms with E-state index in [0.29, 0.717) is 11.8 Å². The molecule has 0 aliphatic heterocycles. The summed E-state index contributed by atoms with van der Waals surface area (Å²) in [4.78, 5) is 13.8. The quantitative estimate of drug-likeness (QED) is 0.638. The lowest BCUT2D eigenvalue weighted by molar-refractivity contribution is -0.125. The van der Waals surface area contributed by atoms with Crippen molar-refractivity contribution in [3.8, 4) is 17.2 Å². The van der Waals surface area contributed by atoms with Crippen LogP contribution in [0.25, 0.3) is 17.5 Å². The number of nitrogens with zero attached hydrogens (tertiary/aromatic N) is 3. The van der Waals surface area contributed by atoms with Gasteiger partial charge >= 0.3 is 0 Å². The minimum atomic E-state index is -0.153. The van der Waals surface area contributed by atoms with E-state index in [2.05, 4.69) is 10.2 Å². The fourth-order valence-corrected chi connectivity index (χ4v) is 2.31. The largest absolute Gasteiger partial charge is 0.497 e. The van der Waals surface area contributed by atoms with Crippen LogP contribution in [0.2, 0.25) is 0 Å². The van der Waals surface area contributed by atoms with Crippen molar-refractivity contribution < 1.29 is 13.9 Å². The van der Waals surface area contributed by atoms with Crippen molar-refractivity contribution in [1.29, 1.82) is 0 Å². The molecule has 0 N–H and O–H groups in total. The SMILES string of the molecule is COc1ccc(/C=C/C(=O)N(C)Cc2nnc(-c3ccccc3)o2)cc1. The van der Waals surface area contributed by atoms with Crippen molar-refractivity contribution in [1.82, 2.24) is 15.1 Å². The van der Waals surface area contributed by atoms with E-state index < -0.39 is 0 Å². The molecule has 1 amide bonds. The van der Waals surface area contributed by atoms with E-state index in [-0.39, 0.29) is 12.5 Å². The summed E-state index contributed by atoms with van der Waals surface area (Å²) in [7, 11) is 3.30. The van der Waals surface area contributed by atoms with Gasteiger partial charge in [0.05, 0.1) is 13.7 Å². The molecular formula is C20H19N3O3. The van der Waals surface area contributed by atoms with E-state index in [1.807, 2.05) is 54.6 Å². The van der Waals surface area contributed by atoms with Gasteiger partial charge in [0.1, 0.15) is 5.75 Å². The highest BCUT2D eigenvalue weighted by atomic mass is 16.5. The Hall–Kier alpha value is -3.41. The highest BCUT2D eigenvalue weighted by Crippen LogP contribution is 2.17. The van der Waals surface area contributed by atoms with Crippen LogP contribution < -0.4 is 4.74 Å². The Morgan fingerprint density at radius 3 is 2.54 bits per heavy atom. The molecule has 0 radical (unpaired) electrons. The number of amides is 1. The number of methoxy groups -OCH3 is 1. The molecule has 0 fully saturated rings. The van der Waals surface area contributed by atoms with Crippen molar-refractivity contribution >= 4 is 12.0 Å². The van der Waals surface area contributed by atoms with E-state index in [4.69, 9.17) is 9.15 Å². The first kappa shape index (κ1) is 17.4. The van der Waals surface area contributed by atoms with Gasteiger partial charge in [-0.2, -0.15) is 0 Å². The maximum atomic E-state index is 12.2. The lowest BCUT2D eigenvalue weighted by atomic mass is 10.2. The van der Waals surface area contributed by atoms with Crippen molar-refractivity contribution in [3.63, 3.8) is 0 Å². The molecule has 132 valence electrons. The molecule has 6 heteroatoms. The molecule has 0 bridgehead atoms. The first-order chi connectivity index (χ1) is 12.7. The second-order valence-corrected chi connectivity index (χ2v) is 5.67. The number of carbonyl (C=O) groups is 1. The lowest BCUT2D eigenvalue weighted by Crippen LogP contribution is -2.24. The van der Waals surface area contributed by atoms with Gasteiger partial charge in [0, 0.05) is 18.7 Å². The summed E-state index contributed by atoms with van der Waals surface area (Å²) in [6, 6.07) is 17.0. The molecule has 3 rings (SSSR count). The van der Waals surface area contributed by atoms with Gasteiger partial charge in [0.15, 0.2) is 0 Å². The fourth-order valence-electron chi connectivity index (χ4n) is 2.31. The monoisotopic (exact) mass is 349 g/mol. The summed E-state index contributed by atoms with van der Waals surface area (Å²) in [5.74, 6) is 1.45. The molecule has 26 heavy (non-hydrogen) atoms. The fraction of sp³-hybridized carbons (Fsp3) is 0.150. The molecule has 3 aromatic rings. The standard InChI is InChI=1S/C20H19N3O3/c1-23(19(24)13-10-15-8-11-17(25-2)12-9-15)14-18-21-22-20(26-18)16-6-4-3-5-7-16/h3-13H,14H2,1-2H3/b13-10+. The minimum absolute atomic E-state index is 0.153. The first-order valence-corrected chi connectivity index (χ1v) is 8.11. The third-order valence-electron chi connectivity index (χ3n) is 3.77. The number of carbonyl (C=O) groups excluding carboxylic acids is 1. The lowest BCUT2D eigenvalue weighted by Gasteiger charge is -2.11. The summed E-state index contributed by atoms with van der Waals surface area (Å²) in [5, 5.41) is 8.03. The highest BCUT2D eigenvalue weighted by molar-refractivity contribution is 5.91. The summed E-state index contributed by atoms with van der Waals surface area (Å²) >= 11 is 0. The molecule has 0 spiro atoms. The molecule has 0 unspecified atom stereocenters. The van der Waals surface area contributed by atoms with E-state index in [1.165, 1.54) is 11.0 Å². The van der Waals surface area contributed by atoms with Crippen LogP contribution in [0.15, 0.2) is 65.1 Å². The highest BCUT2D eigenvalue weighted by Gasteiger charge is 2.12. The number of aromatic nitrogens is 2. The molecule has 1 aromatic heterocycles. The zero-order chi connectivity index (χ0) is 18.4. The molecule has 0 aliphatic rings. The number of rotatable bonds is 6. The van der Waals surface area contributed by atoms with E-state index >= 15 is 0 Å². The Balaban J connectivity index is 1.60. The zero-order valence-corrected chi connectivity index (χ0v) is 14.6. The second-order valence-electron chi connectivity index (χ2n) is 5.67. The number of likely N-dealkylation sites (N-methyl/N-ethyl adjacent to an activating group) is 1. The number of ether oxygens (including phenoxy) is 1. The molecule has 6 nitrogen and oxygen atoms in total. The smallest absolute Gasteiger partial charge is 0.247 e. The average Bonchev–Trinajstić information content (AvgIpc) is 3.15. The van der Waals surface area contributed by atoms with Gasteiger partial charge in [0.25, 0.3) is 0 Å². The molecule has 2 aromatic carbocycles. The average molecular weight is 349 g/mol. The van der Waals surface area contributed by atoms with Crippen LogP contribution in [0.4, 0.5) is 0 Å². The van der Waals surface area contributed by atoms with Crippen LogP contribution in [-0.2, 0) is 11.3 Å². The predicted molar refractivity (Wildman–Crippen MR) is 98.2 cm³/mol. The molecular weight excluding hydrogens is 330 g/mol. The normalized spacial score (nSPS) is 10.8. The van der Waals surface area contributed by atoms with Gasteiger partial charge in [-0.3, -0.25) is 4.79 Å². The van der Waals surface area contributed by atoms with Crippen LogP contribution in [0.5, 0.6) is 5.75 Å². The van der Waals surface area contributed by atoms with Crippen LogP contribution in [0, 0.1) is 0 Å². The van der Waals surface area contributed by atoms with Crippen LogP contribution >= 0.6 is 0 Å². The maximum absolute atomic E-state index is 12.2. The van der Waals surface area contributed by atoms with Gasteiger partial charge in [-0.25, -0.2) is 0 Å². The van der Waals surface area contributed by atoms with Crippen molar-refractivity contribution in [2.75, 3.05) is 14.2 Å². The van der Waals surface area contributed by atoms with Crippen LogP contribution in [0.3, 0.4) is 0 Å². The number of hydrogen-bond donors (Lipinski definition) is 0. The Kier molecular flexibility index (Phi) is 5.43. The van der Waals surface area contributed by atoms with Gasteiger partial charge in [-0.15, -0.1) is 10.2 Å². The van der Waals surface area contributed by atoms with Gasteiger partial charge in [-0.05, 0) is 35.9 Å². The summed E-state index contributed by atoms with van der Waals surface area (Å²) < 4.78 is 10.7.